The van der Waals surface area contributed by atoms with E-state index in [1.807, 2.05) is 26.8 Å². The molecule has 106 valence electrons. The Morgan fingerprint density at radius 1 is 1.47 bits per heavy atom. The lowest BCUT2D eigenvalue weighted by Crippen LogP contribution is -2.30. The molecule has 1 rings (SSSR count). The SMILES string of the molecule is Cc1cc(C(=O)N(C)CCOC(C)C)ccc1NN. The van der Waals surface area contributed by atoms with Gasteiger partial charge in [-0.3, -0.25) is 10.6 Å². The molecule has 3 N–H and O–H groups in total. The smallest absolute Gasteiger partial charge is 0.253 e. The zero-order chi connectivity index (χ0) is 14.4. The fourth-order valence-electron chi connectivity index (χ4n) is 1.71. The summed E-state index contributed by atoms with van der Waals surface area (Å²) in [5, 5.41) is 0. The van der Waals surface area contributed by atoms with Gasteiger partial charge in [-0.05, 0) is 44.5 Å². The van der Waals surface area contributed by atoms with Crippen molar-refractivity contribution < 1.29 is 9.53 Å². The molecule has 0 aliphatic heterocycles. The molecule has 0 saturated heterocycles. The highest BCUT2D eigenvalue weighted by atomic mass is 16.5. The van der Waals surface area contributed by atoms with Gasteiger partial charge in [0.2, 0.25) is 0 Å². The maximum absolute atomic E-state index is 12.2. The second-order valence-electron chi connectivity index (χ2n) is 4.82. The number of hydrogen-bond donors (Lipinski definition) is 2. The molecule has 0 bridgehead atoms. The fraction of sp³-hybridized carbons (Fsp3) is 0.500. The van der Waals surface area contributed by atoms with E-state index in [9.17, 15) is 4.79 Å². The minimum Gasteiger partial charge on any atom is -0.377 e. The molecule has 0 saturated carbocycles. The van der Waals surface area contributed by atoms with Crippen LogP contribution in [0.15, 0.2) is 18.2 Å². The van der Waals surface area contributed by atoms with E-state index in [1.54, 1.807) is 24.1 Å². The predicted molar refractivity (Wildman–Crippen MR) is 77.0 cm³/mol. The summed E-state index contributed by atoms with van der Waals surface area (Å²) >= 11 is 0. The Morgan fingerprint density at radius 3 is 2.68 bits per heavy atom. The lowest BCUT2D eigenvalue weighted by molar-refractivity contribution is 0.0532. The summed E-state index contributed by atoms with van der Waals surface area (Å²) < 4.78 is 5.44. The Bertz CT molecular complexity index is 433. The van der Waals surface area contributed by atoms with Gasteiger partial charge in [-0.25, -0.2) is 0 Å². The molecular formula is C14H23N3O2. The first-order valence-electron chi connectivity index (χ1n) is 6.40. The maximum Gasteiger partial charge on any atom is 0.253 e. The molecule has 0 unspecified atom stereocenters. The number of carbonyl (C=O) groups is 1. The van der Waals surface area contributed by atoms with Gasteiger partial charge in [0.25, 0.3) is 5.91 Å². The average Bonchev–Trinajstić information content (AvgIpc) is 2.37. The molecular weight excluding hydrogens is 242 g/mol. The van der Waals surface area contributed by atoms with E-state index in [0.29, 0.717) is 18.7 Å². The zero-order valence-electron chi connectivity index (χ0n) is 12.1. The van der Waals surface area contributed by atoms with Crippen LogP contribution in [0.25, 0.3) is 0 Å². The van der Waals surface area contributed by atoms with Crippen molar-refractivity contribution in [1.82, 2.24) is 4.90 Å². The first-order chi connectivity index (χ1) is 8.95. The number of anilines is 1. The van der Waals surface area contributed by atoms with Crippen LogP contribution in [0.4, 0.5) is 5.69 Å². The van der Waals surface area contributed by atoms with Gasteiger partial charge in [0.05, 0.1) is 18.4 Å². The number of aryl methyl sites for hydroxylation is 1. The Hall–Kier alpha value is -1.59. The van der Waals surface area contributed by atoms with Crippen LogP contribution in [0, 0.1) is 6.92 Å². The van der Waals surface area contributed by atoms with Crippen LogP contribution in [0.1, 0.15) is 29.8 Å². The quantitative estimate of drug-likeness (QED) is 0.607. The van der Waals surface area contributed by atoms with Crippen molar-refractivity contribution in [2.75, 3.05) is 25.6 Å². The number of carbonyl (C=O) groups excluding carboxylic acids is 1. The number of ether oxygens (including phenoxy) is 1. The van der Waals surface area contributed by atoms with E-state index in [4.69, 9.17) is 10.6 Å². The number of benzene rings is 1. The maximum atomic E-state index is 12.2. The van der Waals surface area contributed by atoms with Crippen LogP contribution in [0.5, 0.6) is 0 Å². The predicted octanol–water partition coefficient (Wildman–Crippen LogP) is 1.78. The van der Waals surface area contributed by atoms with E-state index in [0.717, 1.165) is 11.3 Å². The van der Waals surface area contributed by atoms with Crippen LogP contribution in [-0.4, -0.2) is 37.1 Å². The van der Waals surface area contributed by atoms with E-state index in [-0.39, 0.29) is 12.0 Å². The summed E-state index contributed by atoms with van der Waals surface area (Å²) in [5.41, 5.74) is 5.01. The summed E-state index contributed by atoms with van der Waals surface area (Å²) in [5.74, 6) is 5.35. The topological polar surface area (TPSA) is 67.6 Å². The summed E-state index contributed by atoms with van der Waals surface area (Å²) in [6.45, 7) is 6.98. The molecule has 0 aliphatic carbocycles. The number of nitrogen functional groups attached to an aromatic ring is 1. The third-order valence-corrected chi connectivity index (χ3v) is 2.85. The molecule has 0 aliphatic rings. The van der Waals surface area contributed by atoms with Crippen molar-refractivity contribution in [2.24, 2.45) is 5.84 Å². The second-order valence-corrected chi connectivity index (χ2v) is 4.82. The van der Waals surface area contributed by atoms with Gasteiger partial charge < -0.3 is 15.1 Å². The van der Waals surface area contributed by atoms with Crippen LogP contribution in [-0.2, 0) is 4.74 Å². The van der Waals surface area contributed by atoms with Gasteiger partial charge in [-0.15, -0.1) is 0 Å². The van der Waals surface area contributed by atoms with Crippen molar-refractivity contribution in [1.29, 1.82) is 0 Å². The monoisotopic (exact) mass is 265 g/mol. The zero-order valence-corrected chi connectivity index (χ0v) is 12.1. The number of likely N-dealkylation sites (N-methyl/N-ethyl adjacent to an activating group) is 1. The largest absolute Gasteiger partial charge is 0.377 e. The Balaban J connectivity index is 2.64. The normalized spacial score (nSPS) is 10.6. The summed E-state index contributed by atoms with van der Waals surface area (Å²) in [6.07, 6.45) is 0.181. The lowest BCUT2D eigenvalue weighted by Gasteiger charge is -2.18. The molecule has 1 aromatic rings. The number of rotatable bonds is 6. The molecule has 0 radical (unpaired) electrons. The minimum atomic E-state index is -0.0148. The number of hydrazine groups is 1. The van der Waals surface area contributed by atoms with Crippen LogP contribution < -0.4 is 11.3 Å². The van der Waals surface area contributed by atoms with Gasteiger partial charge in [0.1, 0.15) is 0 Å². The van der Waals surface area contributed by atoms with Crippen molar-refractivity contribution in [3.8, 4) is 0 Å². The van der Waals surface area contributed by atoms with Gasteiger partial charge in [-0.2, -0.15) is 0 Å². The molecule has 5 heteroatoms. The average molecular weight is 265 g/mol. The van der Waals surface area contributed by atoms with Gasteiger partial charge in [-0.1, -0.05) is 0 Å². The molecule has 0 fully saturated rings. The number of nitrogens with one attached hydrogen (secondary N) is 1. The first-order valence-corrected chi connectivity index (χ1v) is 6.40. The Morgan fingerprint density at radius 2 is 2.16 bits per heavy atom. The molecule has 1 aromatic carbocycles. The van der Waals surface area contributed by atoms with Crippen LogP contribution >= 0.6 is 0 Å². The number of hydrogen-bond acceptors (Lipinski definition) is 4. The van der Waals surface area contributed by atoms with Crippen LogP contribution in [0.3, 0.4) is 0 Å². The van der Waals surface area contributed by atoms with E-state index in [2.05, 4.69) is 5.43 Å². The third-order valence-electron chi connectivity index (χ3n) is 2.85. The highest BCUT2D eigenvalue weighted by Crippen LogP contribution is 2.16. The van der Waals surface area contributed by atoms with Gasteiger partial charge in [0.15, 0.2) is 0 Å². The number of nitrogens with zero attached hydrogens (tertiary/aromatic N) is 1. The number of amides is 1. The van der Waals surface area contributed by atoms with Crippen LogP contribution in [0.2, 0.25) is 0 Å². The second kappa shape index (κ2) is 7.11. The summed E-state index contributed by atoms with van der Waals surface area (Å²) in [6, 6.07) is 5.41. The molecule has 0 spiro atoms. The Kier molecular flexibility index (Phi) is 5.79. The fourth-order valence-corrected chi connectivity index (χ4v) is 1.71. The summed E-state index contributed by atoms with van der Waals surface area (Å²) in [7, 11) is 1.77. The lowest BCUT2D eigenvalue weighted by atomic mass is 10.1. The molecule has 5 nitrogen and oxygen atoms in total. The highest BCUT2D eigenvalue weighted by molar-refractivity contribution is 5.94. The van der Waals surface area contributed by atoms with Crippen molar-refractivity contribution in [2.45, 2.75) is 26.9 Å². The molecule has 19 heavy (non-hydrogen) atoms. The van der Waals surface area contributed by atoms with Crippen molar-refractivity contribution in [3.63, 3.8) is 0 Å². The third kappa shape index (κ3) is 4.54. The highest BCUT2D eigenvalue weighted by Gasteiger charge is 2.12. The number of nitrogens with two attached hydrogens (primary N) is 1. The summed E-state index contributed by atoms with van der Waals surface area (Å²) in [4.78, 5) is 13.9. The van der Waals surface area contributed by atoms with E-state index in [1.165, 1.54) is 0 Å². The molecule has 0 atom stereocenters. The molecule has 1 amide bonds. The first kappa shape index (κ1) is 15.5. The van der Waals surface area contributed by atoms with Gasteiger partial charge in [0, 0.05) is 19.2 Å². The van der Waals surface area contributed by atoms with Crippen molar-refractivity contribution in [3.05, 3.63) is 29.3 Å². The Labute approximate surface area is 114 Å². The minimum absolute atomic E-state index is 0.0148. The molecule has 0 aromatic heterocycles. The van der Waals surface area contributed by atoms with E-state index < -0.39 is 0 Å². The van der Waals surface area contributed by atoms with Gasteiger partial charge >= 0.3 is 0 Å². The molecule has 0 heterocycles. The standard InChI is InChI=1S/C14H23N3O2/c1-10(2)19-8-7-17(4)14(18)12-5-6-13(16-15)11(3)9-12/h5-6,9-10,16H,7-8,15H2,1-4H3. The van der Waals surface area contributed by atoms with Crippen molar-refractivity contribution >= 4 is 11.6 Å². The van der Waals surface area contributed by atoms with E-state index >= 15 is 0 Å².